The molecule has 5 atom stereocenters. The second-order valence-electron chi connectivity index (χ2n) is 10.8. The summed E-state index contributed by atoms with van der Waals surface area (Å²) in [5, 5.41) is 13.4. The SMILES string of the molecule is CC(C)OC(=O)[C@@H](C)N[P@](=O)(OCCSC(=O)C(C)(C)C)OC[C@H]1O[C@@H](n2cnc3c(N)nc(N)nc32)C(Cl)(Cl)[C@@H]1O. The first-order valence-corrected chi connectivity index (χ1v) is 16.2. The summed E-state index contributed by atoms with van der Waals surface area (Å²) in [7, 11) is -4.25. The van der Waals surface area contributed by atoms with Crippen molar-refractivity contribution < 1.29 is 37.8 Å². The molecule has 0 saturated carbocycles. The molecule has 0 unspecified atom stereocenters. The number of aliphatic hydroxyl groups excluding tert-OH is 1. The number of imidazole rings is 1. The minimum Gasteiger partial charge on any atom is -0.462 e. The van der Waals surface area contributed by atoms with E-state index < -0.39 is 60.7 Å². The van der Waals surface area contributed by atoms with Crippen LogP contribution < -0.4 is 16.6 Å². The van der Waals surface area contributed by atoms with E-state index in [2.05, 4.69) is 20.0 Å². The molecule has 1 aliphatic heterocycles. The lowest BCUT2D eigenvalue weighted by Gasteiger charge is -2.25. The van der Waals surface area contributed by atoms with Gasteiger partial charge in [-0.1, -0.05) is 55.7 Å². The molecule has 0 bridgehead atoms. The van der Waals surface area contributed by atoms with Crippen LogP contribution in [0.5, 0.6) is 0 Å². The fraction of sp³-hybridized carbons (Fsp3) is 0.696. The molecule has 2 aromatic rings. The molecule has 3 heterocycles. The number of fused-ring (bicyclic) bond motifs is 1. The molecule has 42 heavy (non-hydrogen) atoms. The Hall–Kier alpha value is -1.75. The number of nitrogens with zero attached hydrogens (tertiary/aromatic N) is 4. The van der Waals surface area contributed by atoms with E-state index in [-0.39, 0.29) is 40.4 Å². The van der Waals surface area contributed by atoms with Crippen LogP contribution >= 0.6 is 42.7 Å². The number of carbonyl (C=O) groups excluding carboxylic acids is 2. The lowest BCUT2D eigenvalue weighted by atomic mass is 10.00. The largest absolute Gasteiger partial charge is 0.462 e. The van der Waals surface area contributed by atoms with Crippen molar-refractivity contribution in [3.63, 3.8) is 0 Å². The number of esters is 1. The number of hydrogen-bond acceptors (Lipinski definition) is 14. The van der Waals surface area contributed by atoms with Gasteiger partial charge in [0.15, 0.2) is 27.1 Å². The van der Waals surface area contributed by atoms with Gasteiger partial charge in [0.25, 0.3) is 0 Å². The summed E-state index contributed by atoms with van der Waals surface area (Å²) in [6, 6.07) is -1.10. The Morgan fingerprint density at radius 1 is 1.26 bits per heavy atom. The van der Waals surface area contributed by atoms with Crippen molar-refractivity contribution in [3.05, 3.63) is 6.33 Å². The average molecular weight is 673 g/mol. The molecule has 15 nitrogen and oxygen atoms in total. The van der Waals surface area contributed by atoms with Crippen LogP contribution in [-0.2, 0) is 32.7 Å². The Kier molecular flexibility index (Phi) is 11.2. The third-order valence-electron chi connectivity index (χ3n) is 5.75. The maximum Gasteiger partial charge on any atom is 0.406 e. The molecule has 0 spiro atoms. The maximum atomic E-state index is 13.7. The number of nitrogens with one attached hydrogen (secondary N) is 1. The third-order valence-corrected chi connectivity index (χ3v) is 9.53. The van der Waals surface area contributed by atoms with Gasteiger partial charge in [0.05, 0.1) is 25.6 Å². The first kappa shape index (κ1) is 34.7. The molecule has 3 rings (SSSR count). The number of thioether (sulfide) groups is 1. The van der Waals surface area contributed by atoms with Crippen LogP contribution in [0.4, 0.5) is 11.8 Å². The third kappa shape index (κ3) is 8.24. The monoisotopic (exact) mass is 671 g/mol. The lowest BCUT2D eigenvalue weighted by Crippen LogP contribution is -2.39. The van der Waals surface area contributed by atoms with E-state index in [0.717, 1.165) is 11.8 Å². The highest BCUT2D eigenvalue weighted by molar-refractivity contribution is 8.13. The number of carbonyl (C=O) groups is 2. The predicted molar refractivity (Wildman–Crippen MR) is 159 cm³/mol. The molecule has 2 aromatic heterocycles. The van der Waals surface area contributed by atoms with E-state index in [9.17, 15) is 19.3 Å². The molecular formula is C23H36Cl2N7O8PS. The van der Waals surface area contributed by atoms with Crippen molar-refractivity contribution in [1.29, 1.82) is 0 Å². The van der Waals surface area contributed by atoms with Crippen molar-refractivity contribution in [2.45, 2.75) is 76.5 Å². The van der Waals surface area contributed by atoms with Crippen LogP contribution in [-0.4, -0.2) is 83.4 Å². The summed E-state index contributed by atoms with van der Waals surface area (Å²) < 4.78 is 35.3. The topological polar surface area (TPSA) is 216 Å². The smallest absolute Gasteiger partial charge is 0.406 e. The molecule has 19 heteroatoms. The van der Waals surface area contributed by atoms with Gasteiger partial charge in [-0.3, -0.25) is 23.2 Å². The molecule has 1 aliphatic rings. The van der Waals surface area contributed by atoms with Crippen LogP contribution in [0.25, 0.3) is 11.2 Å². The number of nitrogens with two attached hydrogens (primary N) is 2. The normalized spacial score (nSPS) is 22.8. The van der Waals surface area contributed by atoms with E-state index in [0.29, 0.717) is 0 Å². The van der Waals surface area contributed by atoms with E-state index in [1.54, 1.807) is 34.6 Å². The number of nitrogen functional groups attached to an aromatic ring is 2. The Balaban J connectivity index is 1.76. The Morgan fingerprint density at radius 2 is 1.93 bits per heavy atom. The molecule has 0 radical (unpaired) electrons. The van der Waals surface area contributed by atoms with Crippen LogP contribution in [0.1, 0.15) is 47.8 Å². The van der Waals surface area contributed by atoms with Crippen LogP contribution in [0.3, 0.4) is 0 Å². The number of halogens is 2. The predicted octanol–water partition coefficient (Wildman–Crippen LogP) is 2.80. The van der Waals surface area contributed by atoms with Crippen LogP contribution in [0, 0.1) is 5.41 Å². The van der Waals surface area contributed by atoms with Crippen LogP contribution in [0.15, 0.2) is 6.33 Å². The summed E-state index contributed by atoms with van der Waals surface area (Å²) in [5.74, 6) is -0.651. The van der Waals surface area contributed by atoms with Crippen molar-refractivity contribution in [3.8, 4) is 0 Å². The van der Waals surface area contributed by atoms with Gasteiger partial charge in [-0.25, -0.2) is 14.6 Å². The van der Waals surface area contributed by atoms with E-state index in [1.165, 1.54) is 17.8 Å². The van der Waals surface area contributed by atoms with E-state index >= 15 is 0 Å². The van der Waals surface area contributed by atoms with Gasteiger partial charge < -0.3 is 26.0 Å². The first-order valence-electron chi connectivity index (χ1n) is 12.9. The molecule has 0 aromatic carbocycles. The maximum absolute atomic E-state index is 13.7. The average Bonchev–Trinajstić information content (AvgIpc) is 3.37. The standard InChI is InChI=1S/C23H36Cl2N7O8PS/c1-11(2)39-18(34)12(3)31-41(36,37-7-8-42-20(35)22(4,5)6)38-9-13-15(33)23(24,25)19(40-13)32-10-28-14-16(26)29-21(27)30-17(14)32/h10-13,15,19,33H,7-9H2,1-6H3,(H,31,36)(H4,26,27,29,30)/t12-,13-,15-,19-,41+/m1/s1. The quantitative estimate of drug-likeness (QED) is 0.110. The van der Waals surface area contributed by atoms with Crippen molar-refractivity contribution in [1.82, 2.24) is 24.6 Å². The van der Waals surface area contributed by atoms with Gasteiger partial charge in [-0.15, -0.1) is 0 Å². The minimum absolute atomic E-state index is 0.0149. The molecule has 6 N–H and O–H groups in total. The number of rotatable bonds is 12. The highest BCUT2D eigenvalue weighted by atomic mass is 35.5. The zero-order valence-corrected chi connectivity index (χ0v) is 27.2. The summed E-state index contributed by atoms with van der Waals surface area (Å²) in [6.45, 7) is 9.38. The lowest BCUT2D eigenvalue weighted by molar-refractivity contribution is -0.149. The summed E-state index contributed by atoms with van der Waals surface area (Å²) in [5.41, 5.74) is 11.4. The first-order chi connectivity index (χ1) is 19.4. The highest BCUT2D eigenvalue weighted by Gasteiger charge is 2.56. The number of hydrogen-bond donors (Lipinski definition) is 4. The minimum atomic E-state index is -4.25. The van der Waals surface area contributed by atoms with E-state index in [4.69, 9.17) is 53.2 Å². The van der Waals surface area contributed by atoms with Gasteiger partial charge in [-0.2, -0.15) is 9.97 Å². The Morgan fingerprint density at radius 3 is 2.55 bits per heavy atom. The second kappa shape index (κ2) is 13.5. The van der Waals surface area contributed by atoms with Gasteiger partial charge in [0.2, 0.25) is 5.95 Å². The number of aromatic nitrogens is 4. The zero-order valence-electron chi connectivity index (χ0n) is 23.9. The molecule has 0 amide bonds. The molecule has 236 valence electrons. The highest BCUT2D eigenvalue weighted by Crippen LogP contribution is 2.50. The Bertz CT molecular complexity index is 1340. The summed E-state index contributed by atoms with van der Waals surface area (Å²) in [6.07, 6.45) is -3.17. The fourth-order valence-corrected chi connectivity index (χ4v) is 6.63. The van der Waals surface area contributed by atoms with Crippen molar-refractivity contribution in [2.24, 2.45) is 5.41 Å². The number of aliphatic hydroxyl groups is 1. The van der Waals surface area contributed by atoms with Gasteiger partial charge in [-0.05, 0) is 20.8 Å². The zero-order chi connectivity index (χ0) is 31.6. The molecule has 1 saturated heterocycles. The molecule has 1 fully saturated rings. The van der Waals surface area contributed by atoms with Gasteiger partial charge in [0.1, 0.15) is 23.8 Å². The number of alkyl halides is 2. The van der Waals surface area contributed by atoms with E-state index in [1.807, 2.05) is 0 Å². The molecule has 0 aliphatic carbocycles. The van der Waals surface area contributed by atoms with Crippen molar-refractivity contribution in [2.75, 3.05) is 30.4 Å². The Labute approximate surface area is 257 Å². The van der Waals surface area contributed by atoms with Crippen LogP contribution in [0.2, 0.25) is 0 Å². The second-order valence-corrected chi connectivity index (χ2v) is 15.1. The van der Waals surface area contributed by atoms with Gasteiger partial charge >= 0.3 is 13.7 Å². The number of ether oxygens (including phenoxy) is 2. The number of anilines is 2. The van der Waals surface area contributed by atoms with Gasteiger partial charge in [0, 0.05) is 11.2 Å². The van der Waals surface area contributed by atoms with Crippen molar-refractivity contribution >= 4 is 76.7 Å². The molecular weight excluding hydrogens is 636 g/mol. The fourth-order valence-electron chi connectivity index (χ4n) is 3.65. The summed E-state index contributed by atoms with van der Waals surface area (Å²) in [4.78, 5) is 36.7. The summed E-state index contributed by atoms with van der Waals surface area (Å²) >= 11 is 14.0.